The van der Waals surface area contributed by atoms with Gasteiger partial charge in [0, 0.05) is 7.05 Å². The largest absolute Gasteiger partial charge is 0.351 e. The fourth-order valence-corrected chi connectivity index (χ4v) is 1.53. The van der Waals surface area contributed by atoms with Gasteiger partial charge in [0.15, 0.2) is 0 Å². The number of rotatable bonds is 2. The first-order valence-electron chi connectivity index (χ1n) is 3.41. The number of nitrogens with zero attached hydrogens (tertiary/aromatic N) is 2. The van der Waals surface area contributed by atoms with Gasteiger partial charge in [-0.1, -0.05) is 0 Å². The summed E-state index contributed by atoms with van der Waals surface area (Å²) >= 11 is 1.65. The van der Waals surface area contributed by atoms with Gasteiger partial charge < -0.3 is 4.90 Å². The van der Waals surface area contributed by atoms with Crippen molar-refractivity contribution in [2.24, 2.45) is 0 Å². The molecule has 1 unspecified atom stereocenters. The second kappa shape index (κ2) is 3.40. The first-order chi connectivity index (χ1) is 5.25. The van der Waals surface area contributed by atoms with E-state index in [9.17, 15) is 0 Å². The lowest BCUT2D eigenvalue weighted by Gasteiger charge is -2.18. The molecule has 0 bridgehead atoms. The maximum Gasteiger partial charge on any atom is 0.114 e. The van der Waals surface area contributed by atoms with E-state index in [-0.39, 0.29) is 6.04 Å². The van der Waals surface area contributed by atoms with Crippen molar-refractivity contribution in [3.05, 3.63) is 17.5 Å². The van der Waals surface area contributed by atoms with Crippen LogP contribution in [0.3, 0.4) is 0 Å². The maximum absolute atomic E-state index is 8.62. The van der Waals surface area contributed by atoms with Crippen molar-refractivity contribution in [3.8, 4) is 6.07 Å². The molecule has 1 aromatic heterocycles. The fraction of sp³-hybridized carbons (Fsp3) is 0.375. The van der Waals surface area contributed by atoms with Gasteiger partial charge in [0.25, 0.3) is 0 Å². The minimum atomic E-state index is -0.0475. The van der Waals surface area contributed by atoms with Crippen LogP contribution in [0.2, 0.25) is 0 Å². The van der Waals surface area contributed by atoms with E-state index in [2.05, 4.69) is 6.07 Å². The molecular formula is C8H10N2S. The second-order valence-electron chi connectivity index (χ2n) is 2.37. The zero-order valence-corrected chi connectivity index (χ0v) is 7.43. The maximum atomic E-state index is 8.62. The summed E-state index contributed by atoms with van der Waals surface area (Å²) in [5.41, 5.74) is 0. The lowest BCUT2D eigenvalue weighted by molar-refractivity contribution is 0.844. The molecule has 3 heteroatoms. The van der Waals surface area contributed by atoms with Crippen molar-refractivity contribution >= 4 is 16.3 Å². The van der Waals surface area contributed by atoms with Crippen molar-refractivity contribution in [2.45, 2.75) is 13.0 Å². The Morgan fingerprint density at radius 3 is 2.91 bits per heavy atom. The fourth-order valence-electron chi connectivity index (χ4n) is 0.748. The smallest absolute Gasteiger partial charge is 0.114 e. The molecule has 11 heavy (non-hydrogen) atoms. The minimum Gasteiger partial charge on any atom is -0.351 e. The van der Waals surface area contributed by atoms with E-state index < -0.39 is 0 Å². The molecule has 1 heterocycles. The molecule has 0 amide bonds. The summed E-state index contributed by atoms with van der Waals surface area (Å²) in [5.74, 6) is 0. The molecule has 0 saturated carbocycles. The average Bonchev–Trinajstić information content (AvgIpc) is 2.53. The number of hydrogen-bond acceptors (Lipinski definition) is 3. The van der Waals surface area contributed by atoms with Crippen molar-refractivity contribution in [2.75, 3.05) is 11.9 Å². The molecule has 1 rings (SSSR count). The summed E-state index contributed by atoms with van der Waals surface area (Å²) in [6, 6.07) is 6.14. The van der Waals surface area contributed by atoms with E-state index in [0.717, 1.165) is 5.00 Å². The molecule has 0 saturated heterocycles. The molecule has 0 spiro atoms. The summed E-state index contributed by atoms with van der Waals surface area (Å²) in [5, 5.41) is 11.8. The summed E-state index contributed by atoms with van der Waals surface area (Å²) in [4.78, 5) is 1.96. The van der Waals surface area contributed by atoms with Crippen LogP contribution in [0.4, 0.5) is 5.00 Å². The van der Waals surface area contributed by atoms with Crippen LogP contribution in [0.1, 0.15) is 6.92 Å². The number of hydrogen-bond donors (Lipinski definition) is 0. The van der Waals surface area contributed by atoms with Crippen molar-refractivity contribution in [3.63, 3.8) is 0 Å². The second-order valence-corrected chi connectivity index (χ2v) is 3.29. The standard InChI is InChI=1S/C8H10N2S/c1-7(6-9)10(2)8-4-3-5-11-8/h3-5,7H,1-2H3. The molecule has 1 atom stereocenters. The zero-order chi connectivity index (χ0) is 8.27. The lowest BCUT2D eigenvalue weighted by atomic mass is 10.3. The quantitative estimate of drug-likeness (QED) is 0.672. The van der Waals surface area contributed by atoms with Crippen LogP contribution >= 0.6 is 11.3 Å². The third kappa shape index (κ3) is 1.72. The molecule has 58 valence electrons. The highest BCUT2D eigenvalue weighted by Crippen LogP contribution is 2.20. The third-order valence-corrected chi connectivity index (χ3v) is 2.58. The highest BCUT2D eigenvalue weighted by molar-refractivity contribution is 7.14. The normalized spacial score (nSPS) is 12.1. The van der Waals surface area contributed by atoms with Crippen LogP contribution in [-0.2, 0) is 0 Å². The molecule has 0 aliphatic heterocycles. The number of nitriles is 1. The molecule has 0 radical (unpaired) electrons. The zero-order valence-electron chi connectivity index (χ0n) is 6.61. The van der Waals surface area contributed by atoms with Crippen LogP contribution in [0.15, 0.2) is 17.5 Å². The van der Waals surface area contributed by atoms with Crippen LogP contribution in [0.5, 0.6) is 0 Å². The van der Waals surface area contributed by atoms with Crippen LogP contribution in [0, 0.1) is 11.3 Å². The Morgan fingerprint density at radius 1 is 1.73 bits per heavy atom. The molecule has 0 aromatic carbocycles. The third-order valence-electron chi connectivity index (χ3n) is 1.62. The van der Waals surface area contributed by atoms with E-state index in [0.29, 0.717) is 0 Å². The lowest BCUT2D eigenvalue weighted by Crippen LogP contribution is -2.26. The highest BCUT2D eigenvalue weighted by atomic mass is 32.1. The Balaban J connectivity index is 2.71. The van der Waals surface area contributed by atoms with Crippen LogP contribution in [-0.4, -0.2) is 13.1 Å². The van der Waals surface area contributed by atoms with Crippen molar-refractivity contribution in [1.82, 2.24) is 0 Å². The Hall–Kier alpha value is -1.01. The van der Waals surface area contributed by atoms with Gasteiger partial charge in [0.05, 0.1) is 11.1 Å². The molecule has 0 N–H and O–H groups in total. The number of thiophene rings is 1. The summed E-state index contributed by atoms with van der Waals surface area (Å²) in [7, 11) is 1.93. The average molecular weight is 166 g/mol. The Bertz CT molecular complexity index is 248. The van der Waals surface area contributed by atoms with Gasteiger partial charge in [0.1, 0.15) is 6.04 Å². The van der Waals surface area contributed by atoms with Gasteiger partial charge >= 0.3 is 0 Å². The van der Waals surface area contributed by atoms with E-state index in [1.165, 1.54) is 0 Å². The molecule has 0 fully saturated rings. The predicted octanol–water partition coefficient (Wildman–Crippen LogP) is 2.10. The van der Waals surface area contributed by atoms with E-state index in [1.54, 1.807) is 11.3 Å². The molecular weight excluding hydrogens is 156 g/mol. The van der Waals surface area contributed by atoms with Gasteiger partial charge in [-0.3, -0.25) is 0 Å². The van der Waals surface area contributed by atoms with Gasteiger partial charge in [-0.2, -0.15) is 5.26 Å². The summed E-state index contributed by atoms with van der Waals surface area (Å²) < 4.78 is 0. The van der Waals surface area contributed by atoms with Crippen LogP contribution in [0.25, 0.3) is 0 Å². The van der Waals surface area contributed by atoms with E-state index >= 15 is 0 Å². The molecule has 0 aliphatic carbocycles. The molecule has 0 aliphatic rings. The first-order valence-corrected chi connectivity index (χ1v) is 4.29. The topological polar surface area (TPSA) is 27.0 Å². The highest BCUT2D eigenvalue weighted by Gasteiger charge is 2.07. The van der Waals surface area contributed by atoms with Gasteiger partial charge in [-0.25, -0.2) is 0 Å². The van der Waals surface area contributed by atoms with Crippen LogP contribution < -0.4 is 4.90 Å². The number of anilines is 1. The molecule has 1 aromatic rings. The van der Waals surface area contributed by atoms with E-state index in [4.69, 9.17) is 5.26 Å². The van der Waals surface area contributed by atoms with Gasteiger partial charge in [0.2, 0.25) is 0 Å². The van der Waals surface area contributed by atoms with E-state index in [1.807, 2.05) is 36.4 Å². The summed E-state index contributed by atoms with van der Waals surface area (Å²) in [6.07, 6.45) is 0. The Morgan fingerprint density at radius 2 is 2.45 bits per heavy atom. The first kappa shape index (κ1) is 8.09. The predicted molar refractivity (Wildman–Crippen MR) is 47.8 cm³/mol. The Kier molecular flexibility index (Phi) is 2.50. The minimum absolute atomic E-state index is 0.0475. The monoisotopic (exact) mass is 166 g/mol. The summed E-state index contributed by atoms with van der Waals surface area (Å²) in [6.45, 7) is 1.89. The van der Waals surface area contributed by atoms with Crippen molar-refractivity contribution in [1.29, 1.82) is 5.26 Å². The van der Waals surface area contributed by atoms with Gasteiger partial charge in [-0.05, 0) is 24.4 Å². The van der Waals surface area contributed by atoms with Gasteiger partial charge in [-0.15, -0.1) is 11.3 Å². The Labute approximate surface area is 70.7 Å². The SMILES string of the molecule is CC(C#N)N(C)c1cccs1. The molecule has 2 nitrogen and oxygen atoms in total. The van der Waals surface area contributed by atoms with Crippen molar-refractivity contribution < 1.29 is 0 Å².